The molecule has 0 aliphatic carbocycles. The molecule has 0 spiro atoms. The molecule has 0 unspecified atom stereocenters. The molecule has 248 valence electrons. The van der Waals surface area contributed by atoms with Crippen molar-refractivity contribution in [3.05, 3.63) is 132 Å². The van der Waals surface area contributed by atoms with Crippen LogP contribution in [0.4, 0.5) is 39.5 Å². The van der Waals surface area contributed by atoms with Gasteiger partial charge < -0.3 is 9.47 Å². The lowest BCUT2D eigenvalue weighted by atomic mass is 9.99. The maximum atomic E-state index is 15.0. The highest BCUT2D eigenvalue weighted by molar-refractivity contribution is 5.72. The van der Waals surface area contributed by atoms with Crippen LogP contribution in [-0.2, 0) is 12.5 Å². The van der Waals surface area contributed by atoms with E-state index in [4.69, 9.17) is 0 Å². The van der Waals surface area contributed by atoms with Crippen LogP contribution in [-0.4, -0.2) is 16.3 Å². The minimum Gasteiger partial charge on any atom is -0.429 e. The number of ether oxygens (including phenoxy) is 2. The predicted molar refractivity (Wildman–Crippen MR) is 159 cm³/mol. The van der Waals surface area contributed by atoms with Crippen LogP contribution in [0.1, 0.15) is 24.5 Å². The van der Waals surface area contributed by atoms with Crippen molar-refractivity contribution in [1.29, 1.82) is 0 Å². The summed E-state index contributed by atoms with van der Waals surface area (Å²) in [6.07, 6.45) is -1.34. The highest BCUT2D eigenvalue weighted by atomic mass is 19.4. The lowest BCUT2D eigenvalue weighted by molar-refractivity contribution is -0.275. The fourth-order valence-electron chi connectivity index (χ4n) is 4.75. The average Bonchev–Trinajstić information content (AvgIpc) is 3.01. The topological polar surface area (TPSA) is 44.2 Å². The molecular weight excluding hydrogens is 651 g/mol. The Morgan fingerprint density at radius 2 is 1.23 bits per heavy atom. The van der Waals surface area contributed by atoms with Gasteiger partial charge in [-0.05, 0) is 84.5 Å². The van der Waals surface area contributed by atoms with E-state index in [1.807, 2.05) is 19.1 Å². The van der Waals surface area contributed by atoms with E-state index in [1.165, 1.54) is 36.7 Å². The van der Waals surface area contributed by atoms with Gasteiger partial charge in [0.15, 0.2) is 17.4 Å². The standard InChI is InChI=1S/C35H23F9N2O2/c1-2-3-4-5-20-18-45-33(46-19-20)24-16-29(38)32(30(39)17-24)34(40,41)47-25-10-6-21(7-11-25)22-8-12-26(27(36)14-22)23-9-13-31(28(37)15-23)48-35(42,43)44/h2-3,6-19H,4-5H2,1H3. The number of allylic oxidation sites excluding steroid dienone is 2. The maximum absolute atomic E-state index is 15.0. The van der Waals surface area contributed by atoms with E-state index in [0.717, 1.165) is 36.2 Å². The molecule has 0 radical (unpaired) electrons. The zero-order valence-electron chi connectivity index (χ0n) is 24.8. The van der Waals surface area contributed by atoms with Gasteiger partial charge in [0, 0.05) is 23.5 Å². The number of aromatic nitrogens is 2. The van der Waals surface area contributed by atoms with Crippen LogP contribution in [0.2, 0.25) is 0 Å². The van der Waals surface area contributed by atoms with Gasteiger partial charge in [0.05, 0.1) is 0 Å². The molecule has 0 fully saturated rings. The SMILES string of the molecule is CC=CCCc1cnc(-c2cc(F)c(C(F)(F)Oc3ccc(-c4ccc(-c5ccc(OC(F)(F)F)c(F)c5)c(F)c4)cc3)c(F)c2)nc1. The van der Waals surface area contributed by atoms with E-state index in [9.17, 15) is 30.7 Å². The monoisotopic (exact) mass is 674 g/mol. The molecular formula is C35H23F9N2O2. The molecule has 4 aromatic carbocycles. The number of hydrogen-bond donors (Lipinski definition) is 0. The van der Waals surface area contributed by atoms with Crippen LogP contribution >= 0.6 is 0 Å². The summed E-state index contributed by atoms with van der Waals surface area (Å²) in [6, 6.07) is 12.3. The van der Waals surface area contributed by atoms with Gasteiger partial charge >= 0.3 is 12.5 Å². The van der Waals surface area contributed by atoms with Gasteiger partial charge in [0.1, 0.15) is 28.8 Å². The number of alkyl halides is 5. The van der Waals surface area contributed by atoms with Crippen molar-refractivity contribution in [2.24, 2.45) is 0 Å². The van der Waals surface area contributed by atoms with Gasteiger partial charge in [0.25, 0.3) is 0 Å². The van der Waals surface area contributed by atoms with Gasteiger partial charge in [-0.1, -0.05) is 42.5 Å². The fraction of sp³-hybridized carbons (Fsp3) is 0.143. The quantitative estimate of drug-likeness (QED) is 0.109. The van der Waals surface area contributed by atoms with Crippen molar-refractivity contribution in [2.75, 3.05) is 0 Å². The van der Waals surface area contributed by atoms with Gasteiger partial charge in [0.2, 0.25) is 0 Å². The first-order valence-corrected chi connectivity index (χ1v) is 14.2. The van der Waals surface area contributed by atoms with E-state index in [2.05, 4.69) is 19.4 Å². The molecule has 0 aliphatic heterocycles. The Morgan fingerprint density at radius 1 is 0.646 bits per heavy atom. The smallest absolute Gasteiger partial charge is 0.429 e. The van der Waals surface area contributed by atoms with Crippen molar-refractivity contribution in [2.45, 2.75) is 32.2 Å². The second kappa shape index (κ2) is 13.8. The summed E-state index contributed by atoms with van der Waals surface area (Å²) in [5.74, 6) is -6.97. The van der Waals surface area contributed by atoms with E-state index < -0.39 is 52.8 Å². The molecule has 13 heteroatoms. The zero-order valence-corrected chi connectivity index (χ0v) is 24.8. The van der Waals surface area contributed by atoms with Gasteiger partial charge in [-0.15, -0.1) is 13.2 Å². The van der Waals surface area contributed by atoms with Gasteiger partial charge in [-0.3, -0.25) is 0 Å². The number of nitrogens with zero attached hydrogens (tertiary/aromatic N) is 2. The van der Waals surface area contributed by atoms with Crippen molar-refractivity contribution in [1.82, 2.24) is 9.97 Å². The summed E-state index contributed by atoms with van der Waals surface area (Å²) in [6.45, 7) is 1.88. The molecule has 1 aromatic heterocycles. The fourth-order valence-corrected chi connectivity index (χ4v) is 4.75. The van der Waals surface area contributed by atoms with E-state index in [1.54, 1.807) is 0 Å². The molecule has 5 aromatic rings. The molecule has 48 heavy (non-hydrogen) atoms. The first-order valence-electron chi connectivity index (χ1n) is 14.2. The Bertz CT molecular complexity index is 1920. The molecule has 0 aliphatic rings. The van der Waals surface area contributed by atoms with Crippen LogP contribution in [0.25, 0.3) is 33.6 Å². The zero-order chi connectivity index (χ0) is 34.6. The largest absolute Gasteiger partial charge is 0.573 e. The van der Waals surface area contributed by atoms with Crippen LogP contribution in [0.15, 0.2) is 97.3 Å². The van der Waals surface area contributed by atoms with Crippen LogP contribution in [0, 0.1) is 23.3 Å². The first-order chi connectivity index (χ1) is 22.7. The van der Waals surface area contributed by atoms with Crippen LogP contribution in [0.3, 0.4) is 0 Å². The van der Waals surface area contributed by atoms with Gasteiger partial charge in [-0.2, -0.15) is 8.78 Å². The summed E-state index contributed by atoms with van der Waals surface area (Å²) >= 11 is 0. The van der Waals surface area contributed by atoms with E-state index in [0.29, 0.717) is 36.2 Å². The molecule has 5 rings (SSSR count). The minimum atomic E-state index is -5.11. The molecule has 0 atom stereocenters. The molecule has 0 saturated carbocycles. The summed E-state index contributed by atoms with van der Waals surface area (Å²) in [5.41, 5.74) is -0.597. The Kier molecular flexibility index (Phi) is 9.78. The van der Waals surface area contributed by atoms with Crippen molar-refractivity contribution in [3.8, 4) is 45.1 Å². The van der Waals surface area contributed by atoms with Crippen LogP contribution < -0.4 is 9.47 Å². The molecule has 0 N–H and O–H groups in total. The highest BCUT2D eigenvalue weighted by Gasteiger charge is 2.41. The average molecular weight is 675 g/mol. The van der Waals surface area contributed by atoms with E-state index in [-0.39, 0.29) is 28.1 Å². The predicted octanol–water partition coefficient (Wildman–Crippen LogP) is 10.6. The van der Waals surface area contributed by atoms with Crippen molar-refractivity contribution in [3.63, 3.8) is 0 Å². The third-order valence-corrected chi connectivity index (χ3v) is 7.00. The van der Waals surface area contributed by atoms with Crippen LogP contribution in [0.5, 0.6) is 11.5 Å². The lowest BCUT2D eigenvalue weighted by Gasteiger charge is -2.20. The number of aryl methyl sites for hydroxylation is 1. The van der Waals surface area contributed by atoms with Crippen molar-refractivity contribution < 1.29 is 49.0 Å². The van der Waals surface area contributed by atoms with E-state index >= 15 is 8.78 Å². The summed E-state index contributed by atoms with van der Waals surface area (Å²) in [4.78, 5) is 8.16. The number of rotatable bonds is 10. The molecule has 0 bridgehead atoms. The summed E-state index contributed by atoms with van der Waals surface area (Å²) in [5, 5.41) is 0. The number of halogens is 9. The Labute approximate surface area is 268 Å². The molecule has 0 saturated heterocycles. The third kappa shape index (κ3) is 7.96. The normalized spacial score (nSPS) is 12.0. The second-order valence-electron chi connectivity index (χ2n) is 10.4. The molecule has 4 nitrogen and oxygen atoms in total. The molecule has 0 amide bonds. The highest BCUT2D eigenvalue weighted by Crippen LogP contribution is 2.38. The maximum Gasteiger partial charge on any atom is 0.573 e. The summed E-state index contributed by atoms with van der Waals surface area (Å²) in [7, 11) is 0. The third-order valence-electron chi connectivity index (χ3n) is 7.00. The molecule has 1 heterocycles. The Hall–Kier alpha value is -5.33. The number of hydrogen-bond acceptors (Lipinski definition) is 4. The minimum absolute atomic E-state index is 0.0565. The van der Waals surface area contributed by atoms with Gasteiger partial charge in [-0.25, -0.2) is 27.5 Å². The number of benzene rings is 4. The Balaban J connectivity index is 1.30. The first kappa shape index (κ1) is 34.0. The van der Waals surface area contributed by atoms with Crippen molar-refractivity contribution >= 4 is 0 Å². The summed E-state index contributed by atoms with van der Waals surface area (Å²) < 4.78 is 134. The second-order valence-corrected chi connectivity index (χ2v) is 10.4. The lowest BCUT2D eigenvalue weighted by Crippen LogP contribution is -2.25. The Morgan fingerprint density at radius 3 is 1.81 bits per heavy atom.